The van der Waals surface area contributed by atoms with Crippen molar-refractivity contribution in [3.05, 3.63) is 0 Å². The summed E-state index contributed by atoms with van der Waals surface area (Å²) >= 11 is 0. The molecule has 1 saturated heterocycles. The van der Waals surface area contributed by atoms with Gasteiger partial charge in [-0.1, -0.05) is 27.7 Å². The number of piperazine rings is 1. The zero-order chi connectivity index (χ0) is 14.4. The minimum Gasteiger partial charge on any atom is -0.344 e. The summed E-state index contributed by atoms with van der Waals surface area (Å²) in [6, 6.07) is -0.381. The van der Waals surface area contributed by atoms with E-state index in [-0.39, 0.29) is 23.8 Å². The molecule has 1 fully saturated rings. The fraction of sp³-hybridized carbons (Fsp3) is 0.857. The molecule has 5 heteroatoms. The van der Waals surface area contributed by atoms with E-state index in [9.17, 15) is 9.59 Å². The summed E-state index contributed by atoms with van der Waals surface area (Å²) in [7, 11) is 0. The number of nitrogens with zero attached hydrogens (tertiary/aromatic N) is 1. The molecule has 1 heterocycles. The summed E-state index contributed by atoms with van der Waals surface area (Å²) < 4.78 is 0. The van der Waals surface area contributed by atoms with Gasteiger partial charge in [-0.05, 0) is 12.3 Å². The van der Waals surface area contributed by atoms with Crippen molar-refractivity contribution in [2.24, 2.45) is 11.8 Å². The second-order valence-corrected chi connectivity index (χ2v) is 5.92. The van der Waals surface area contributed by atoms with Crippen LogP contribution in [-0.2, 0) is 9.59 Å². The smallest absolute Gasteiger partial charge is 0.245 e. The Hall–Kier alpha value is -1.10. The van der Waals surface area contributed by atoms with Gasteiger partial charge in [-0.2, -0.15) is 0 Å². The summed E-state index contributed by atoms with van der Waals surface area (Å²) in [5.41, 5.74) is 0. The molecular weight excluding hydrogens is 242 g/mol. The second kappa shape index (κ2) is 7.48. The maximum Gasteiger partial charge on any atom is 0.245 e. The molecule has 0 spiro atoms. The van der Waals surface area contributed by atoms with Crippen LogP contribution in [0.3, 0.4) is 0 Å². The number of nitrogens with one attached hydrogen (secondary N) is 2. The van der Waals surface area contributed by atoms with Gasteiger partial charge in [0.1, 0.15) is 6.04 Å². The topological polar surface area (TPSA) is 61.4 Å². The number of carbonyl (C=O) groups excluding carboxylic acids is 2. The first-order valence-corrected chi connectivity index (χ1v) is 7.21. The third-order valence-electron chi connectivity index (χ3n) is 3.27. The monoisotopic (exact) mass is 269 g/mol. The van der Waals surface area contributed by atoms with Crippen molar-refractivity contribution < 1.29 is 9.59 Å². The van der Waals surface area contributed by atoms with Crippen molar-refractivity contribution in [2.75, 3.05) is 26.2 Å². The zero-order valence-electron chi connectivity index (χ0n) is 12.5. The maximum absolute atomic E-state index is 12.5. The van der Waals surface area contributed by atoms with E-state index in [1.807, 2.05) is 18.7 Å². The average molecular weight is 269 g/mol. The quantitative estimate of drug-likeness (QED) is 0.768. The van der Waals surface area contributed by atoms with E-state index in [1.54, 1.807) is 0 Å². The lowest BCUT2D eigenvalue weighted by Crippen LogP contribution is -2.54. The molecule has 19 heavy (non-hydrogen) atoms. The molecule has 0 aromatic heterocycles. The molecule has 5 nitrogen and oxygen atoms in total. The lowest BCUT2D eigenvalue weighted by molar-refractivity contribution is -0.138. The van der Waals surface area contributed by atoms with Crippen LogP contribution in [0, 0.1) is 11.8 Å². The highest BCUT2D eigenvalue weighted by molar-refractivity contribution is 5.88. The van der Waals surface area contributed by atoms with Crippen molar-refractivity contribution in [3.8, 4) is 0 Å². The molecule has 0 radical (unpaired) electrons. The Morgan fingerprint density at radius 2 is 1.74 bits per heavy atom. The molecular formula is C14H27N3O2. The fourth-order valence-electron chi connectivity index (χ4n) is 2.14. The van der Waals surface area contributed by atoms with Crippen LogP contribution in [0.15, 0.2) is 0 Å². The summed E-state index contributed by atoms with van der Waals surface area (Å²) in [5.74, 6) is 0.299. The van der Waals surface area contributed by atoms with Crippen molar-refractivity contribution >= 4 is 11.8 Å². The van der Waals surface area contributed by atoms with E-state index >= 15 is 0 Å². The van der Waals surface area contributed by atoms with Gasteiger partial charge in [-0.25, -0.2) is 0 Å². The van der Waals surface area contributed by atoms with Crippen molar-refractivity contribution in [1.29, 1.82) is 0 Å². The van der Waals surface area contributed by atoms with Gasteiger partial charge in [0.15, 0.2) is 0 Å². The molecule has 0 aliphatic carbocycles. The van der Waals surface area contributed by atoms with Crippen LogP contribution >= 0.6 is 0 Å². The molecule has 2 amide bonds. The third-order valence-corrected chi connectivity index (χ3v) is 3.27. The van der Waals surface area contributed by atoms with E-state index < -0.39 is 0 Å². The number of hydrogen-bond acceptors (Lipinski definition) is 3. The fourth-order valence-corrected chi connectivity index (χ4v) is 2.14. The molecule has 110 valence electrons. The Kier molecular flexibility index (Phi) is 6.28. The predicted octanol–water partition coefficient (Wildman–Crippen LogP) is 0.605. The van der Waals surface area contributed by atoms with Crippen molar-refractivity contribution in [3.63, 3.8) is 0 Å². The number of rotatable bonds is 5. The third kappa shape index (κ3) is 5.19. The molecule has 1 aliphatic heterocycles. The van der Waals surface area contributed by atoms with E-state index in [0.29, 0.717) is 12.3 Å². The maximum atomic E-state index is 12.5. The predicted molar refractivity (Wildman–Crippen MR) is 75.7 cm³/mol. The van der Waals surface area contributed by atoms with Gasteiger partial charge in [0.2, 0.25) is 11.8 Å². The Labute approximate surface area is 116 Å². The molecule has 1 aliphatic rings. The van der Waals surface area contributed by atoms with E-state index in [1.165, 1.54) is 0 Å². The van der Waals surface area contributed by atoms with Gasteiger partial charge in [0, 0.05) is 32.1 Å². The van der Waals surface area contributed by atoms with Gasteiger partial charge in [-0.15, -0.1) is 0 Å². The minimum atomic E-state index is -0.381. The van der Waals surface area contributed by atoms with E-state index in [2.05, 4.69) is 24.5 Å². The van der Waals surface area contributed by atoms with Gasteiger partial charge in [0.05, 0.1) is 0 Å². The van der Waals surface area contributed by atoms with Crippen LogP contribution in [0.25, 0.3) is 0 Å². The van der Waals surface area contributed by atoms with E-state index in [4.69, 9.17) is 0 Å². The number of carbonyl (C=O) groups is 2. The Balaban J connectivity index is 2.66. The van der Waals surface area contributed by atoms with Crippen molar-refractivity contribution in [2.45, 2.75) is 40.2 Å². The highest BCUT2D eigenvalue weighted by atomic mass is 16.2. The van der Waals surface area contributed by atoms with Gasteiger partial charge < -0.3 is 15.5 Å². The Morgan fingerprint density at radius 1 is 1.16 bits per heavy atom. The molecule has 1 rings (SSSR count). The summed E-state index contributed by atoms with van der Waals surface area (Å²) in [6.07, 6.45) is 0.696. The number of amides is 2. The van der Waals surface area contributed by atoms with Crippen molar-refractivity contribution in [1.82, 2.24) is 15.5 Å². The summed E-state index contributed by atoms with van der Waals surface area (Å²) in [5, 5.41) is 6.12. The average Bonchev–Trinajstić information content (AvgIpc) is 2.37. The Bertz CT molecular complexity index is 310. The van der Waals surface area contributed by atoms with Crippen LogP contribution < -0.4 is 10.6 Å². The van der Waals surface area contributed by atoms with Crippen LogP contribution in [0.1, 0.15) is 34.1 Å². The summed E-state index contributed by atoms with van der Waals surface area (Å²) in [6.45, 7) is 10.9. The van der Waals surface area contributed by atoms with Gasteiger partial charge in [-0.3, -0.25) is 9.59 Å². The Morgan fingerprint density at radius 3 is 2.21 bits per heavy atom. The van der Waals surface area contributed by atoms with Gasteiger partial charge in [0.25, 0.3) is 0 Å². The van der Waals surface area contributed by atoms with E-state index in [0.717, 1.165) is 26.2 Å². The standard InChI is InChI=1S/C14H27N3O2/c1-10(2)9-12(16-13(18)11(3)4)14(19)17-7-5-15-6-8-17/h10-12,15H,5-9H2,1-4H3,(H,16,18). The highest BCUT2D eigenvalue weighted by Crippen LogP contribution is 2.10. The van der Waals surface area contributed by atoms with Crippen LogP contribution in [-0.4, -0.2) is 48.9 Å². The molecule has 1 atom stereocenters. The first-order chi connectivity index (χ1) is 8.91. The second-order valence-electron chi connectivity index (χ2n) is 5.92. The lowest BCUT2D eigenvalue weighted by Gasteiger charge is -2.32. The van der Waals surface area contributed by atoms with Gasteiger partial charge >= 0.3 is 0 Å². The molecule has 0 saturated carbocycles. The normalized spacial score (nSPS) is 17.7. The number of hydrogen-bond donors (Lipinski definition) is 2. The summed E-state index contributed by atoms with van der Waals surface area (Å²) in [4.78, 5) is 26.2. The minimum absolute atomic E-state index is 0.0471. The van der Waals surface area contributed by atoms with Crippen LogP contribution in [0.2, 0.25) is 0 Å². The molecule has 2 N–H and O–H groups in total. The largest absolute Gasteiger partial charge is 0.344 e. The SMILES string of the molecule is CC(C)CC(NC(=O)C(C)C)C(=O)N1CCNCC1. The highest BCUT2D eigenvalue weighted by Gasteiger charge is 2.27. The lowest BCUT2D eigenvalue weighted by atomic mass is 10.0. The van der Waals surface area contributed by atoms with Crippen LogP contribution in [0.5, 0.6) is 0 Å². The van der Waals surface area contributed by atoms with Crippen LogP contribution in [0.4, 0.5) is 0 Å². The molecule has 0 aromatic rings. The first-order valence-electron chi connectivity index (χ1n) is 7.21. The first kappa shape index (κ1) is 16.0. The zero-order valence-corrected chi connectivity index (χ0v) is 12.5. The molecule has 1 unspecified atom stereocenters. The molecule has 0 bridgehead atoms. The molecule has 0 aromatic carbocycles.